The molecule has 21 nitrogen and oxygen atoms in total. The topological polar surface area (TPSA) is 294 Å². The molecule has 0 radical (unpaired) electrons. The minimum atomic E-state index is -4.92. The number of carboxylic acids is 1. The highest BCUT2D eigenvalue weighted by Crippen LogP contribution is 2.41. The summed E-state index contributed by atoms with van der Waals surface area (Å²) in [7, 11) is -2.17. The molecular formula is C90H118O21S6. The van der Waals surface area contributed by atoms with Crippen LogP contribution in [0.1, 0.15) is 213 Å². The predicted molar refractivity (Wildman–Crippen MR) is 471 cm³/mol. The van der Waals surface area contributed by atoms with Gasteiger partial charge in [-0.3, -0.25) is 19.2 Å². The maximum absolute atomic E-state index is 12.9. The van der Waals surface area contributed by atoms with E-state index in [1.807, 2.05) is 116 Å². The van der Waals surface area contributed by atoms with Gasteiger partial charge in [0.25, 0.3) is 0 Å². The number of carboxylic acid groups (broad SMARTS) is 1. The summed E-state index contributed by atoms with van der Waals surface area (Å²) in [5, 5.41) is 19.7. The van der Waals surface area contributed by atoms with Crippen LogP contribution in [0.3, 0.4) is 0 Å². The Morgan fingerprint density at radius 3 is 1.17 bits per heavy atom. The average Bonchev–Trinajstić information content (AvgIpc) is 1.55. The first-order valence-electron chi connectivity index (χ1n) is 40.1. The molecule has 2 fully saturated rings. The number of unbranched alkanes of at least 4 members (excludes halogenated alkanes) is 4. The van der Waals surface area contributed by atoms with Crippen LogP contribution in [0.2, 0.25) is 0 Å². The lowest BCUT2D eigenvalue weighted by Gasteiger charge is -2.18. The fourth-order valence-electron chi connectivity index (χ4n) is 10.4. The fourth-order valence-corrected chi connectivity index (χ4v) is 17.8. The Hall–Kier alpha value is -8.12. The molecule has 4 aromatic rings. The minimum absolute atomic E-state index is 0.0533. The Bertz CT molecular complexity index is 3990. The Balaban J connectivity index is 0.000000414. The second kappa shape index (κ2) is 65.8. The minimum Gasteiger partial charge on any atom is -0.488 e. The number of aliphatic carboxylic acids is 1. The van der Waals surface area contributed by atoms with Gasteiger partial charge in [-0.25, -0.2) is 18.0 Å². The number of ether oxygens (including phenoxy) is 5. The number of benzene rings is 4. The van der Waals surface area contributed by atoms with Crippen molar-refractivity contribution < 1.29 is 96.2 Å². The van der Waals surface area contributed by atoms with Gasteiger partial charge in [-0.1, -0.05) is 276 Å². The molecule has 0 spiro atoms. The van der Waals surface area contributed by atoms with Crippen molar-refractivity contribution in [2.75, 3.05) is 37.9 Å². The molecule has 0 amide bonds. The highest BCUT2D eigenvalue weighted by molar-refractivity contribution is 8.77. The van der Waals surface area contributed by atoms with Crippen LogP contribution in [0.5, 0.6) is 11.5 Å². The summed E-state index contributed by atoms with van der Waals surface area (Å²) in [6.45, 7) is 2.24. The van der Waals surface area contributed by atoms with Crippen LogP contribution in [-0.2, 0) is 84.1 Å². The number of rotatable bonds is 57. The van der Waals surface area contributed by atoms with E-state index in [-0.39, 0.29) is 61.5 Å². The van der Waals surface area contributed by atoms with Gasteiger partial charge >= 0.3 is 56.6 Å². The predicted octanol–water partition coefficient (Wildman–Crippen LogP) is 21.1. The molecule has 0 aromatic heterocycles. The number of carbonyl (C=O) groups is 6. The van der Waals surface area contributed by atoms with Crippen LogP contribution in [0.25, 0.3) is 0 Å². The first-order chi connectivity index (χ1) is 56.8. The van der Waals surface area contributed by atoms with E-state index in [0.29, 0.717) is 36.2 Å². The van der Waals surface area contributed by atoms with Crippen LogP contribution < -0.4 is 9.47 Å². The number of para-hydroxylation sites is 2. The maximum Gasteiger partial charge on any atom is 0.451 e. The zero-order chi connectivity index (χ0) is 84.3. The lowest BCUT2D eigenvalue weighted by Crippen LogP contribution is -2.31. The van der Waals surface area contributed by atoms with E-state index in [0.717, 1.165) is 120 Å². The molecule has 4 atom stereocenters. The largest absolute Gasteiger partial charge is 0.488 e. The van der Waals surface area contributed by atoms with Crippen LogP contribution in [0, 0.1) is 0 Å². The van der Waals surface area contributed by atoms with Crippen molar-refractivity contribution in [2.24, 2.45) is 0 Å². The summed E-state index contributed by atoms with van der Waals surface area (Å²) in [4.78, 5) is 72.8. The fraction of sp³-hybridized carbons (Fsp3) is 0.444. The smallest absolute Gasteiger partial charge is 0.451 e. The van der Waals surface area contributed by atoms with E-state index in [2.05, 4.69) is 132 Å². The Morgan fingerprint density at radius 1 is 0.419 bits per heavy atom. The molecule has 0 saturated carbocycles. The molecule has 640 valence electrons. The molecule has 2 saturated heterocycles. The molecule has 0 unspecified atom stereocenters. The Labute approximate surface area is 710 Å². The molecule has 27 heteroatoms. The number of esters is 3. The monoisotopic (exact) mass is 1730 g/mol. The number of hydrogen-bond acceptors (Lipinski definition) is 24. The summed E-state index contributed by atoms with van der Waals surface area (Å²) in [6.07, 6.45) is 60.7. The molecule has 2 aliphatic rings. The van der Waals surface area contributed by atoms with E-state index in [1.165, 1.54) is 55.0 Å². The van der Waals surface area contributed by atoms with Crippen molar-refractivity contribution in [1.29, 1.82) is 0 Å². The van der Waals surface area contributed by atoms with Crippen molar-refractivity contribution >= 4 is 99.8 Å². The molecule has 2 aliphatic heterocycles. The van der Waals surface area contributed by atoms with Crippen molar-refractivity contribution in [3.63, 3.8) is 0 Å². The van der Waals surface area contributed by atoms with Gasteiger partial charge < -0.3 is 42.3 Å². The lowest BCUT2D eigenvalue weighted by atomic mass is 10.1. The number of hydrogen-bond donors (Lipinski definition) is 2. The van der Waals surface area contributed by atoms with Gasteiger partial charge in [-0.2, -0.15) is 16.8 Å². The summed E-state index contributed by atoms with van der Waals surface area (Å²) >= 11 is 0. The van der Waals surface area contributed by atoms with Gasteiger partial charge in [0.05, 0.1) is 6.61 Å². The van der Waals surface area contributed by atoms with Crippen LogP contribution in [0.15, 0.2) is 231 Å². The molecular weight excluding hydrogens is 1610 g/mol. The maximum atomic E-state index is 12.9. The second-order valence-corrected chi connectivity index (χ2v) is 34.6. The number of aliphatic hydroxyl groups excluding tert-OH is 1. The molecule has 117 heavy (non-hydrogen) atoms. The normalized spacial score (nSPS) is 15.1. The molecule has 2 N–H and O–H groups in total. The first kappa shape index (κ1) is 101. The third-order valence-corrected chi connectivity index (χ3v) is 24.2. The number of allylic oxidation sites excluding steroid dienone is 20. The molecule has 0 aliphatic carbocycles. The van der Waals surface area contributed by atoms with Crippen LogP contribution in [-0.4, -0.2) is 124 Å². The van der Waals surface area contributed by atoms with Gasteiger partial charge in [0.15, 0.2) is 6.10 Å². The van der Waals surface area contributed by atoms with Gasteiger partial charge in [0, 0.05) is 47.7 Å². The third kappa shape index (κ3) is 53.8. The van der Waals surface area contributed by atoms with Crippen molar-refractivity contribution in [3.05, 3.63) is 253 Å². The number of carbonyl (C=O) groups excluding carboxylic acids is 5. The zero-order valence-corrected chi connectivity index (χ0v) is 72.3. The van der Waals surface area contributed by atoms with E-state index in [1.54, 1.807) is 12.1 Å². The van der Waals surface area contributed by atoms with Crippen LogP contribution in [0.4, 0.5) is 0 Å². The van der Waals surface area contributed by atoms with Gasteiger partial charge in [0.2, 0.25) is 0 Å². The summed E-state index contributed by atoms with van der Waals surface area (Å²) in [5.41, 5.74) is 1.48. The average molecular weight is 1730 g/mol. The molecule has 4 aromatic carbocycles. The SMILES string of the molecule is CC/C=C\C/C=C\C/C=C\C/C=C\C/C=C\CCCC(=O)O.CC/C=C\C/C=C\C/C=C\C/C=C\C/C=C\CCCC(=O)O[C@H](COC(=O)CCCC[C@@H]1CCSS1)COS(=O)(=O)OC(=O)c1ccccc1OCc1ccccc1.O=C(CCCC[C@@H]1CCSS1)OC[C@@H](O)COS(=O)(=O)OC(=O)c1ccccc1OCc1ccccc1. The second-order valence-electron chi connectivity index (χ2n) is 26.5. The summed E-state index contributed by atoms with van der Waals surface area (Å²) in [6, 6.07) is 30.6. The lowest BCUT2D eigenvalue weighted by molar-refractivity contribution is -0.161. The van der Waals surface area contributed by atoms with Gasteiger partial charge in [-0.05, 0) is 164 Å². The quantitative estimate of drug-likeness (QED) is 0.0136. The zero-order valence-electron chi connectivity index (χ0n) is 67.4. The van der Waals surface area contributed by atoms with Crippen molar-refractivity contribution in [2.45, 2.75) is 217 Å². The number of aliphatic hydroxyl groups is 1. The highest BCUT2D eigenvalue weighted by atomic mass is 33.1. The van der Waals surface area contributed by atoms with E-state index >= 15 is 0 Å². The van der Waals surface area contributed by atoms with E-state index in [9.17, 15) is 50.7 Å². The third-order valence-electron chi connectivity index (χ3n) is 16.6. The standard InChI is InChI=1S/C45H58O10S3.C25H30O9S3.C20H30O2/c1-2-3-4-5-6-7-8-9-10-11-12-13-14-15-16-17-21-32-44(47)54-39(36-52-43(46)31-25-22-28-40-33-34-56-57-40)37-53-58(49,50)55-45(48)41-29-23-24-30-42(41)51-35-38-26-19-18-20-27-38;26-20(17-32-24(27)13-7-4-10-21-14-15-35-36-21)18-33-37(29,30)34-25(28)22-11-5-6-12-23(22)31-16-19-8-2-1-3-9-19;1-2-3-4-5-6-7-8-9-10-11-12-13-14-15-16-17-18-19-20(21)22/h3-4,6-7,9-10,12-13,15-16,18-20,23-24,26-27,29-30,39-40H,2,5,8,11,14,17,21-22,25,28,31-37H2,1H3;1-3,5-6,8-9,11-12,20-21,26H,4,7,10,13-18H2;3-4,6-7,9-10,12-13,15-16H,2,5,8,11,14,17-19H2,1H3,(H,21,22)/b4-3-,7-6-,10-9-,13-12-,16-15-;;4-3-,7-6-,10-9-,13-12-,16-15-/t39-,40-;20-,21-;/m11./s1. The van der Waals surface area contributed by atoms with Gasteiger partial charge in [-0.15, -0.1) is 0 Å². The Kier molecular flexibility index (Phi) is 56.9. The molecule has 2 heterocycles. The molecule has 0 bridgehead atoms. The highest BCUT2D eigenvalue weighted by Gasteiger charge is 2.28. The van der Waals surface area contributed by atoms with Crippen molar-refractivity contribution in [3.8, 4) is 11.5 Å². The van der Waals surface area contributed by atoms with E-state index < -0.39 is 95.2 Å². The van der Waals surface area contributed by atoms with E-state index in [4.69, 9.17) is 37.2 Å². The van der Waals surface area contributed by atoms with Crippen molar-refractivity contribution in [1.82, 2.24) is 0 Å². The van der Waals surface area contributed by atoms with Gasteiger partial charge in [0.1, 0.15) is 61.8 Å². The Morgan fingerprint density at radius 2 is 0.778 bits per heavy atom. The summed E-state index contributed by atoms with van der Waals surface area (Å²) in [5.74, 6) is -2.13. The molecule has 6 rings (SSSR count). The first-order valence-corrected chi connectivity index (χ1v) is 47.5. The summed E-state index contributed by atoms with van der Waals surface area (Å²) < 4.78 is 95.8. The van der Waals surface area contributed by atoms with Crippen LogP contribution >= 0.6 is 43.2 Å².